The van der Waals surface area contributed by atoms with E-state index in [0.717, 1.165) is 0 Å². The second-order valence-corrected chi connectivity index (χ2v) is 10.8. The van der Waals surface area contributed by atoms with Crippen LogP contribution in [0.5, 0.6) is 5.75 Å². The molecule has 6 unspecified atom stereocenters. The Bertz CT molecular complexity index is 1490. The average molecular weight is 549 g/mol. The standard InChI is InChI=1S/C28H28N4O8/c1-12(33)32(15-4-6-30-7-5-15)16-9-13-8-14-10-17-22(31(2)3)24(36)21(27(29)39)26(38)28(17,40)25(37)20(14)23(35)19(13)18(34)11-16/h4-7,9,11,14,17,20-22,34,40H,8,10H2,1-3H3,(H2,29,39). The monoisotopic (exact) mass is 548 g/mol. The molecule has 2 aromatic rings. The van der Waals surface area contributed by atoms with Crippen molar-refractivity contribution in [2.75, 3.05) is 19.0 Å². The Hall–Kier alpha value is -4.29. The molecule has 3 aliphatic rings. The molecule has 5 rings (SSSR count). The molecule has 1 aromatic carbocycles. The van der Waals surface area contributed by atoms with Gasteiger partial charge in [0.1, 0.15) is 5.75 Å². The van der Waals surface area contributed by atoms with E-state index < -0.39 is 70.1 Å². The summed E-state index contributed by atoms with van der Waals surface area (Å²) in [6.07, 6.45) is 3.04. The van der Waals surface area contributed by atoms with Gasteiger partial charge >= 0.3 is 0 Å². The number of aliphatic hydroxyl groups is 1. The molecule has 0 saturated heterocycles. The molecular formula is C28H28N4O8. The van der Waals surface area contributed by atoms with Gasteiger partial charge in [0, 0.05) is 31.3 Å². The van der Waals surface area contributed by atoms with E-state index in [4.69, 9.17) is 5.73 Å². The van der Waals surface area contributed by atoms with E-state index in [1.54, 1.807) is 18.2 Å². The molecule has 4 N–H and O–H groups in total. The average Bonchev–Trinajstić information content (AvgIpc) is 2.86. The first kappa shape index (κ1) is 27.3. The Balaban J connectivity index is 1.61. The summed E-state index contributed by atoms with van der Waals surface area (Å²) in [6.45, 7) is 1.34. The third kappa shape index (κ3) is 3.78. The van der Waals surface area contributed by atoms with Crippen molar-refractivity contribution in [3.8, 4) is 5.75 Å². The molecule has 208 valence electrons. The third-order valence-corrected chi connectivity index (χ3v) is 8.35. The van der Waals surface area contributed by atoms with Crippen LogP contribution in [-0.2, 0) is 30.4 Å². The summed E-state index contributed by atoms with van der Waals surface area (Å²) in [4.78, 5) is 85.4. The molecule has 0 spiro atoms. The second-order valence-electron chi connectivity index (χ2n) is 10.8. The minimum absolute atomic E-state index is 0.0599. The lowest BCUT2D eigenvalue weighted by Gasteiger charge is -2.52. The van der Waals surface area contributed by atoms with Crippen LogP contribution in [0, 0.1) is 23.7 Å². The highest BCUT2D eigenvalue weighted by Crippen LogP contribution is 2.51. The number of likely N-dealkylation sites (N-methyl/N-ethyl adjacent to an activating group) is 1. The number of fused-ring (bicyclic) bond motifs is 3. The quantitative estimate of drug-likeness (QED) is 0.437. The van der Waals surface area contributed by atoms with Crippen molar-refractivity contribution in [1.29, 1.82) is 0 Å². The fraction of sp³-hybridized carbons (Fsp3) is 0.393. The molecule has 2 fully saturated rings. The van der Waals surface area contributed by atoms with Gasteiger partial charge in [0.05, 0.1) is 28.9 Å². The van der Waals surface area contributed by atoms with Crippen LogP contribution >= 0.6 is 0 Å². The predicted molar refractivity (Wildman–Crippen MR) is 138 cm³/mol. The minimum Gasteiger partial charge on any atom is -0.507 e. The van der Waals surface area contributed by atoms with Gasteiger partial charge in [-0.15, -0.1) is 0 Å². The number of aromatic nitrogens is 1. The number of nitrogens with zero attached hydrogens (tertiary/aromatic N) is 3. The minimum atomic E-state index is -2.78. The number of carbonyl (C=O) groups is 6. The Morgan fingerprint density at radius 3 is 2.27 bits per heavy atom. The van der Waals surface area contributed by atoms with Crippen molar-refractivity contribution in [1.82, 2.24) is 9.88 Å². The van der Waals surface area contributed by atoms with Crippen LogP contribution in [0.25, 0.3) is 0 Å². The van der Waals surface area contributed by atoms with Crippen molar-refractivity contribution < 1.29 is 39.0 Å². The van der Waals surface area contributed by atoms with Crippen molar-refractivity contribution >= 4 is 46.3 Å². The number of aromatic hydroxyl groups is 1. The summed E-state index contributed by atoms with van der Waals surface area (Å²) in [7, 11) is 3.04. The number of Topliss-reactive ketones (excluding diaryl/α,β-unsaturated/α-hetero) is 4. The van der Waals surface area contributed by atoms with Crippen LogP contribution in [0.1, 0.15) is 29.3 Å². The molecule has 2 amide bonds. The van der Waals surface area contributed by atoms with Crippen molar-refractivity contribution in [3.63, 3.8) is 0 Å². The largest absolute Gasteiger partial charge is 0.507 e. The van der Waals surface area contributed by atoms with Crippen molar-refractivity contribution in [2.45, 2.75) is 31.4 Å². The van der Waals surface area contributed by atoms with Gasteiger partial charge in [0.15, 0.2) is 34.7 Å². The highest BCUT2D eigenvalue weighted by Gasteiger charge is 2.69. The van der Waals surface area contributed by atoms with Crippen molar-refractivity contribution in [2.24, 2.45) is 29.4 Å². The predicted octanol–water partition coefficient (Wildman–Crippen LogP) is -0.0534. The van der Waals surface area contributed by atoms with Gasteiger partial charge in [-0.2, -0.15) is 0 Å². The second kappa shape index (κ2) is 9.42. The molecule has 3 aliphatic carbocycles. The molecule has 6 atom stereocenters. The number of rotatable bonds is 4. The summed E-state index contributed by atoms with van der Waals surface area (Å²) in [5.74, 6) is -11.6. The zero-order valence-electron chi connectivity index (χ0n) is 22.0. The maximum atomic E-state index is 13.8. The smallest absolute Gasteiger partial charge is 0.235 e. The van der Waals surface area contributed by atoms with E-state index in [0.29, 0.717) is 16.9 Å². The molecule has 40 heavy (non-hydrogen) atoms. The van der Waals surface area contributed by atoms with E-state index >= 15 is 0 Å². The molecule has 12 nitrogen and oxygen atoms in total. The molecular weight excluding hydrogens is 520 g/mol. The fourth-order valence-electron chi connectivity index (χ4n) is 6.75. The Morgan fingerprint density at radius 1 is 1.05 bits per heavy atom. The van der Waals surface area contributed by atoms with Gasteiger partial charge in [-0.05, 0) is 56.6 Å². The normalized spacial score (nSPS) is 29.5. The number of carbonyl (C=O) groups excluding carboxylic acids is 6. The number of phenolic OH excluding ortho intramolecular Hbond substituents is 1. The number of hydrogen-bond donors (Lipinski definition) is 3. The lowest BCUT2D eigenvalue weighted by molar-refractivity contribution is -0.181. The lowest BCUT2D eigenvalue weighted by atomic mass is 9.52. The number of pyridine rings is 1. The van der Waals surface area contributed by atoms with Crippen molar-refractivity contribution in [3.05, 3.63) is 47.8 Å². The number of nitrogens with two attached hydrogens (primary N) is 1. The Labute approximate surface area is 228 Å². The number of amides is 2. The van der Waals surface area contributed by atoms with Gasteiger partial charge in [-0.25, -0.2) is 0 Å². The third-order valence-electron chi connectivity index (χ3n) is 8.35. The fourth-order valence-corrected chi connectivity index (χ4v) is 6.75. The lowest BCUT2D eigenvalue weighted by Crippen LogP contribution is -2.74. The summed E-state index contributed by atoms with van der Waals surface area (Å²) in [6, 6.07) is 4.86. The van der Waals surface area contributed by atoms with E-state index in [-0.39, 0.29) is 24.3 Å². The van der Waals surface area contributed by atoms with Crippen LogP contribution < -0.4 is 10.6 Å². The maximum absolute atomic E-state index is 13.8. The van der Waals surface area contributed by atoms with E-state index in [9.17, 15) is 39.0 Å². The summed E-state index contributed by atoms with van der Waals surface area (Å²) < 4.78 is 0. The van der Waals surface area contributed by atoms with Gasteiger partial charge in [0.2, 0.25) is 11.8 Å². The summed E-state index contributed by atoms with van der Waals surface area (Å²) >= 11 is 0. The summed E-state index contributed by atoms with van der Waals surface area (Å²) in [5.41, 5.74) is 3.56. The number of benzene rings is 1. The topological polar surface area (TPSA) is 188 Å². The highest BCUT2D eigenvalue weighted by atomic mass is 16.3. The molecule has 1 aromatic heterocycles. The zero-order valence-corrected chi connectivity index (χ0v) is 22.0. The van der Waals surface area contributed by atoms with Gasteiger partial charge < -0.3 is 15.9 Å². The van der Waals surface area contributed by atoms with Gasteiger partial charge in [-0.3, -0.25) is 43.6 Å². The first-order valence-electron chi connectivity index (χ1n) is 12.7. The number of phenols is 1. The van der Waals surface area contributed by atoms with Gasteiger partial charge in [0.25, 0.3) is 0 Å². The first-order valence-corrected chi connectivity index (χ1v) is 12.7. The van der Waals surface area contributed by atoms with E-state index in [1.165, 1.54) is 49.3 Å². The highest BCUT2D eigenvalue weighted by molar-refractivity contribution is 6.32. The number of anilines is 2. The van der Waals surface area contributed by atoms with Crippen LogP contribution in [0.15, 0.2) is 36.7 Å². The molecule has 0 aliphatic heterocycles. The van der Waals surface area contributed by atoms with Crippen LogP contribution in [-0.4, -0.2) is 80.8 Å². The van der Waals surface area contributed by atoms with Crippen LogP contribution in [0.4, 0.5) is 11.4 Å². The summed E-state index contributed by atoms with van der Waals surface area (Å²) in [5, 5.41) is 22.6. The maximum Gasteiger partial charge on any atom is 0.235 e. The molecule has 0 bridgehead atoms. The number of hydrogen-bond acceptors (Lipinski definition) is 10. The van der Waals surface area contributed by atoms with Gasteiger partial charge in [-0.1, -0.05) is 0 Å². The van der Waals surface area contributed by atoms with E-state index in [2.05, 4.69) is 4.98 Å². The Morgan fingerprint density at radius 2 is 1.70 bits per heavy atom. The van der Waals surface area contributed by atoms with E-state index in [1.807, 2.05) is 0 Å². The Kier molecular flexibility index (Phi) is 6.42. The molecule has 1 heterocycles. The first-order chi connectivity index (χ1) is 18.8. The van der Waals surface area contributed by atoms with Crippen LogP contribution in [0.3, 0.4) is 0 Å². The molecule has 2 saturated carbocycles. The molecule has 0 radical (unpaired) electrons. The number of primary amides is 1. The van der Waals surface area contributed by atoms with Crippen LogP contribution in [0.2, 0.25) is 0 Å². The zero-order chi connectivity index (χ0) is 29.3. The molecule has 12 heteroatoms. The SMILES string of the molecule is CC(=O)N(c1ccncc1)c1cc(O)c2c(c1)CC1CC3C(N(C)C)C(=O)C(C(N)=O)C(=O)C3(O)C(=O)C1C2=O. The number of ketones is 4.